The lowest BCUT2D eigenvalue weighted by atomic mass is 9.83. The molecular weight excluding hydrogens is 528 g/mol. The van der Waals surface area contributed by atoms with Crippen LogP contribution in [0.25, 0.3) is 86.9 Å². The van der Waals surface area contributed by atoms with Gasteiger partial charge in [-0.25, -0.2) is 0 Å². The number of hydrogen-bond acceptors (Lipinski definition) is 0. The van der Waals surface area contributed by atoms with E-state index in [2.05, 4.69) is 159 Å². The summed E-state index contributed by atoms with van der Waals surface area (Å²) in [5.41, 5.74) is 6.58. The topological polar surface area (TPSA) is 0 Å². The van der Waals surface area contributed by atoms with Crippen molar-refractivity contribution in [1.82, 2.24) is 0 Å². The zero-order chi connectivity index (χ0) is 29.2. The molecule has 0 bridgehead atoms. The minimum absolute atomic E-state index is 1.01. The monoisotopic (exact) mass is 558 g/mol. The Labute approximate surface area is 256 Å². The molecule has 0 nitrogen and oxygen atoms in total. The first kappa shape index (κ1) is 25.1. The van der Waals surface area contributed by atoms with Gasteiger partial charge in [-0.2, -0.15) is 0 Å². The maximum absolute atomic E-state index is 2.40. The molecule has 0 heteroatoms. The maximum Gasteiger partial charge on any atom is -0.00201 e. The van der Waals surface area contributed by atoms with E-state index in [1.54, 1.807) is 0 Å². The molecule has 0 amide bonds. The van der Waals surface area contributed by atoms with Gasteiger partial charge in [-0.05, 0) is 111 Å². The second-order valence-corrected chi connectivity index (χ2v) is 11.9. The van der Waals surface area contributed by atoms with Crippen LogP contribution >= 0.6 is 0 Å². The number of fused-ring (bicyclic) bond motifs is 7. The van der Waals surface area contributed by atoms with Crippen LogP contribution in [0.2, 0.25) is 0 Å². The van der Waals surface area contributed by atoms with Gasteiger partial charge in [-0.15, -0.1) is 0 Å². The molecule has 0 heterocycles. The molecule has 0 aliphatic carbocycles. The quantitative estimate of drug-likeness (QED) is 0.149. The van der Waals surface area contributed by atoms with E-state index >= 15 is 0 Å². The fraction of sp³-hybridized carbons (Fsp3) is 0.0455. The van der Waals surface area contributed by atoms with Gasteiger partial charge in [0.15, 0.2) is 0 Å². The minimum atomic E-state index is 1.01. The highest BCUT2D eigenvalue weighted by atomic mass is 14.2. The lowest BCUT2D eigenvalue weighted by molar-refractivity contribution is 1.18. The molecule has 0 N–H and O–H groups in total. The van der Waals surface area contributed by atoms with E-state index in [1.807, 2.05) is 0 Å². The highest BCUT2D eigenvalue weighted by molar-refractivity contribution is 6.25. The van der Waals surface area contributed by atoms with Crippen LogP contribution in [0, 0.1) is 0 Å². The van der Waals surface area contributed by atoms with E-state index in [4.69, 9.17) is 0 Å². The predicted octanol–water partition coefficient (Wildman–Crippen LogP) is 12.5. The van der Waals surface area contributed by atoms with Gasteiger partial charge in [-0.1, -0.05) is 146 Å². The third-order valence-corrected chi connectivity index (χ3v) is 9.61. The Morgan fingerprint density at radius 3 is 1.61 bits per heavy atom. The summed E-state index contributed by atoms with van der Waals surface area (Å²) in [6, 6.07) is 56.3. The van der Waals surface area contributed by atoms with Gasteiger partial charge in [0.05, 0.1) is 0 Å². The maximum atomic E-state index is 2.40. The lowest BCUT2D eigenvalue weighted by Gasteiger charge is -2.20. The Balaban J connectivity index is 1.40. The largest absolute Gasteiger partial charge is 0.0616 e. The zero-order valence-electron chi connectivity index (χ0n) is 24.6. The standard InChI is InChI=1S/C44H30/c1-2-32-33-15-6-5-14-30(33)27-42-34-20-11-21-37(36(34)25-24-35(32)42)44-40-18-9-7-16-38(40)43(39-17-8-10-19-41(39)44)31-23-22-28-12-3-4-13-29(28)26-31/h3-27H,2H2,1H3. The molecule has 0 unspecified atom stereocenters. The number of aryl methyl sites for hydroxylation is 1. The Kier molecular flexibility index (Phi) is 5.58. The molecule has 0 aromatic heterocycles. The van der Waals surface area contributed by atoms with Crippen LogP contribution in [-0.2, 0) is 6.42 Å². The number of benzene rings is 9. The van der Waals surface area contributed by atoms with Gasteiger partial charge in [0, 0.05) is 0 Å². The van der Waals surface area contributed by atoms with E-state index < -0.39 is 0 Å². The molecule has 9 aromatic rings. The summed E-state index contributed by atoms with van der Waals surface area (Å²) in [5, 5.41) is 15.7. The highest BCUT2D eigenvalue weighted by Gasteiger charge is 2.19. The van der Waals surface area contributed by atoms with Crippen LogP contribution in [0.3, 0.4) is 0 Å². The zero-order valence-corrected chi connectivity index (χ0v) is 24.6. The average Bonchev–Trinajstić information content (AvgIpc) is 3.09. The molecule has 9 aromatic carbocycles. The van der Waals surface area contributed by atoms with Crippen molar-refractivity contribution in [2.24, 2.45) is 0 Å². The lowest BCUT2D eigenvalue weighted by Crippen LogP contribution is -1.93. The van der Waals surface area contributed by atoms with Crippen LogP contribution in [0.15, 0.2) is 152 Å². The van der Waals surface area contributed by atoms with Gasteiger partial charge in [-0.3, -0.25) is 0 Å². The van der Waals surface area contributed by atoms with E-state index in [9.17, 15) is 0 Å². The second kappa shape index (κ2) is 9.79. The summed E-state index contributed by atoms with van der Waals surface area (Å²) in [6.45, 7) is 2.28. The molecule has 0 aliphatic heterocycles. The molecule has 0 saturated heterocycles. The summed E-state index contributed by atoms with van der Waals surface area (Å²) in [4.78, 5) is 0. The van der Waals surface area contributed by atoms with E-state index in [0.29, 0.717) is 0 Å². The van der Waals surface area contributed by atoms with Crippen LogP contribution in [0.4, 0.5) is 0 Å². The Morgan fingerprint density at radius 1 is 0.341 bits per heavy atom. The van der Waals surface area contributed by atoms with Crippen LogP contribution in [0.5, 0.6) is 0 Å². The first-order valence-electron chi connectivity index (χ1n) is 15.6. The van der Waals surface area contributed by atoms with Crippen LogP contribution < -0.4 is 0 Å². The first-order chi connectivity index (χ1) is 21.8. The Bertz CT molecular complexity index is 2530. The molecule has 0 atom stereocenters. The molecule has 0 radical (unpaired) electrons. The summed E-state index contributed by atoms with van der Waals surface area (Å²) < 4.78 is 0. The number of rotatable bonds is 3. The van der Waals surface area contributed by atoms with E-state index in [0.717, 1.165) is 6.42 Å². The summed E-state index contributed by atoms with van der Waals surface area (Å²) in [7, 11) is 0. The SMILES string of the molecule is CCc1c2ccccc2cc2c1ccc1c(-c3c4ccccc4c(-c4ccc5ccccc5c4)c4ccccc34)cccc12. The van der Waals surface area contributed by atoms with Crippen molar-refractivity contribution in [3.63, 3.8) is 0 Å². The Morgan fingerprint density at radius 2 is 0.909 bits per heavy atom. The van der Waals surface area contributed by atoms with Crippen LogP contribution in [-0.4, -0.2) is 0 Å². The Hall–Kier alpha value is -5.46. The highest BCUT2D eigenvalue weighted by Crippen LogP contribution is 2.46. The molecule has 0 saturated carbocycles. The predicted molar refractivity (Wildman–Crippen MR) is 192 cm³/mol. The summed E-state index contributed by atoms with van der Waals surface area (Å²) in [6.07, 6.45) is 1.01. The third-order valence-electron chi connectivity index (χ3n) is 9.61. The molecule has 206 valence electrons. The average molecular weight is 559 g/mol. The van der Waals surface area contributed by atoms with Gasteiger partial charge in [0.2, 0.25) is 0 Å². The normalized spacial score (nSPS) is 11.8. The van der Waals surface area contributed by atoms with Crippen molar-refractivity contribution in [3.05, 3.63) is 157 Å². The third kappa shape index (κ3) is 3.64. The van der Waals surface area contributed by atoms with E-state index in [1.165, 1.54) is 92.5 Å². The molecule has 9 rings (SSSR count). The smallest absolute Gasteiger partial charge is 0.00201 e. The molecule has 0 aliphatic rings. The van der Waals surface area contributed by atoms with Gasteiger partial charge in [0.1, 0.15) is 0 Å². The van der Waals surface area contributed by atoms with Gasteiger partial charge >= 0.3 is 0 Å². The van der Waals surface area contributed by atoms with Crippen LogP contribution in [0.1, 0.15) is 12.5 Å². The van der Waals surface area contributed by atoms with E-state index in [-0.39, 0.29) is 0 Å². The molecule has 44 heavy (non-hydrogen) atoms. The van der Waals surface area contributed by atoms with Crippen molar-refractivity contribution in [1.29, 1.82) is 0 Å². The van der Waals surface area contributed by atoms with Gasteiger partial charge < -0.3 is 0 Å². The second-order valence-electron chi connectivity index (χ2n) is 11.9. The van der Waals surface area contributed by atoms with Gasteiger partial charge in [0.25, 0.3) is 0 Å². The molecular formula is C44H30. The number of hydrogen-bond donors (Lipinski definition) is 0. The van der Waals surface area contributed by atoms with Crippen molar-refractivity contribution in [2.45, 2.75) is 13.3 Å². The van der Waals surface area contributed by atoms with Crippen molar-refractivity contribution >= 4 is 64.6 Å². The summed E-state index contributed by atoms with van der Waals surface area (Å²) in [5.74, 6) is 0. The molecule has 0 fully saturated rings. The van der Waals surface area contributed by atoms with Crippen molar-refractivity contribution in [2.75, 3.05) is 0 Å². The fourth-order valence-corrected chi connectivity index (χ4v) is 7.67. The minimum Gasteiger partial charge on any atom is -0.0616 e. The van der Waals surface area contributed by atoms with Crippen molar-refractivity contribution in [3.8, 4) is 22.3 Å². The fourth-order valence-electron chi connectivity index (χ4n) is 7.67. The summed E-state index contributed by atoms with van der Waals surface area (Å²) >= 11 is 0. The first-order valence-corrected chi connectivity index (χ1v) is 15.6. The van der Waals surface area contributed by atoms with Crippen molar-refractivity contribution < 1.29 is 0 Å². The molecule has 0 spiro atoms.